The molecule has 0 amide bonds. The molecule has 0 bridgehead atoms. The largest absolute Gasteiger partial charge is 0.360 e. The van der Waals surface area contributed by atoms with Crippen molar-refractivity contribution < 1.29 is 4.39 Å². The molecule has 1 saturated carbocycles. The fraction of sp³-hybridized carbons (Fsp3) is 0.562. The zero-order chi connectivity index (χ0) is 14.5. The predicted octanol–water partition coefficient (Wildman–Crippen LogP) is 3.71. The SMILES string of the molecule is C[C@H]1CCCC[C@H]1NC(=S)N(C)Cc1ccccc1F. The Morgan fingerprint density at radius 1 is 1.35 bits per heavy atom. The van der Waals surface area contributed by atoms with E-state index in [0.29, 0.717) is 29.2 Å². The molecule has 1 aliphatic rings. The summed E-state index contributed by atoms with van der Waals surface area (Å²) in [4.78, 5) is 1.91. The van der Waals surface area contributed by atoms with Crippen molar-refractivity contribution in [2.45, 2.75) is 45.2 Å². The Hall–Kier alpha value is -1.16. The monoisotopic (exact) mass is 294 g/mol. The van der Waals surface area contributed by atoms with Gasteiger partial charge in [0.1, 0.15) is 5.82 Å². The van der Waals surface area contributed by atoms with E-state index in [4.69, 9.17) is 12.2 Å². The number of nitrogens with one attached hydrogen (secondary N) is 1. The Labute approximate surface area is 126 Å². The van der Waals surface area contributed by atoms with Crippen LogP contribution in [-0.2, 0) is 6.54 Å². The molecule has 0 heterocycles. The van der Waals surface area contributed by atoms with Crippen LogP contribution in [0.2, 0.25) is 0 Å². The zero-order valence-corrected chi connectivity index (χ0v) is 13.0. The van der Waals surface area contributed by atoms with Crippen molar-refractivity contribution >= 4 is 17.3 Å². The summed E-state index contributed by atoms with van der Waals surface area (Å²) in [5, 5.41) is 4.16. The van der Waals surface area contributed by atoms with Gasteiger partial charge in [0.15, 0.2) is 5.11 Å². The summed E-state index contributed by atoms with van der Waals surface area (Å²) >= 11 is 5.45. The molecular weight excluding hydrogens is 271 g/mol. The predicted molar refractivity (Wildman–Crippen MR) is 85.0 cm³/mol. The van der Waals surface area contributed by atoms with Gasteiger partial charge in [-0.1, -0.05) is 38.0 Å². The molecule has 0 radical (unpaired) electrons. The molecule has 0 unspecified atom stereocenters. The average Bonchev–Trinajstić information content (AvgIpc) is 2.43. The summed E-state index contributed by atoms with van der Waals surface area (Å²) in [6.07, 6.45) is 5.02. The molecule has 2 rings (SSSR count). The van der Waals surface area contributed by atoms with Gasteiger partial charge in [0, 0.05) is 25.2 Å². The van der Waals surface area contributed by atoms with Gasteiger partial charge in [0.05, 0.1) is 0 Å². The summed E-state index contributed by atoms with van der Waals surface area (Å²) < 4.78 is 13.6. The molecule has 0 aromatic heterocycles. The van der Waals surface area contributed by atoms with Crippen LogP contribution in [0.25, 0.3) is 0 Å². The van der Waals surface area contributed by atoms with E-state index in [0.717, 1.165) is 0 Å². The van der Waals surface area contributed by atoms with Gasteiger partial charge in [-0.25, -0.2) is 4.39 Å². The van der Waals surface area contributed by atoms with Gasteiger partial charge in [-0.3, -0.25) is 0 Å². The summed E-state index contributed by atoms with van der Waals surface area (Å²) in [7, 11) is 1.91. The second kappa shape index (κ2) is 7.02. The second-order valence-electron chi connectivity index (χ2n) is 5.77. The Bertz CT molecular complexity index is 464. The van der Waals surface area contributed by atoms with Crippen molar-refractivity contribution in [1.29, 1.82) is 0 Å². The minimum absolute atomic E-state index is 0.173. The van der Waals surface area contributed by atoms with Gasteiger partial charge in [0.2, 0.25) is 0 Å². The number of nitrogens with zero attached hydrogens (tertiary/aromatic N) is 1. The molecule has 1 fully saturated rings. The van der Waals surface area contributed by atoms with Crippen LogP contribution in [0.3, 0.4) is 0 Å². The standard InChI is InChI=1S/C16H23FN2S/c1-12-7-3-6-10-15(12)18-16(20)19(2)11-13-8-4-5-9-14(13)17/h4-5,8-9,12,15H,3,6-7,10-11H2,1-2H3,(H,18,20)/t12-,15+/m0/s1. The topological polar surface area (TPSA) is 15.3 Å². The Balaban J connectivity index is 1.90. The van der Waals surface area contributed by atoms with E-state index >= 15 is 0 Å². The summed E-state index contributed by atoms with van der Waals surface area (Å²) in [5.74, 6) is 0.483. The highest BCUT2D eigenvalue weighted by Gasteiger charge is 2.22. The van der Waals surface area contributed by atoms with E-state index in [1.54, 1.807) is 12.1 Å². The highest BCUT2D eigenvalue weighted by atomic mass is 32.1. The Morgan fingerprint density at radius 3 is 2.75 bits per heavy atom. The van der Waals surface area contributed by atoms with E-state index in [2.05, 4.69) is 12.2 Å². The van der Waals surface area contributed by atoms with Crippen molar-refractivity contribution in [2.24, 2.45) is 5.92 Å². The summed E-state index contributed by atoms with van der Waals surface area (Å²) in [6, 6.07) is 7.31. The lowest BCUT2D eigenvalue weighted by molar-refractivity contribution is 0.300. The van der Waals surface area contributed by atoms with E-state index in [1.807, 2.05) is 18.0 Å². The van der Waals surface area contributed by atoms with Crippen LogP contribution in [0, 0.1) is 11.7 Å². The van der Waals surface area contributed by atoms with Gasteiger partial charge in [-0.2, -0.15) is 0 Å². The molecule has 20 heavy (non-hydrogen) atoms. The minimum Gasteiger partial charge on any atom is -0.360 e. The molecule has 0 aliphatic heterocycles. The molecule has 110 valence electrons. The average molecular weight is 294 g/mol. The second-order valence-corrected chi connectivity index (χ2v) is 6.15. The lowest BCUT2D eigenvalue weighted by Crippen LogP contribution is -2.46. The molecule has 4 heteroatoms. The molecule has 2 atom stereocenters. The van der Waals surface area contributed by atoms with Crippen molar-refractivity contribution in [3.8, 4) is 0 Å². The van der Waals surface area contributed by atoms with Gasteiger partial charge in [0.25, 0.3) is 0 Å². The molecule has 1 N–H and O–H groups in total. The third-order valence-electron chi connectivity index (χ3n) is 4.13. The summed E-state index contributed by atoms with van der Waals surface area (Å²) in [6.45, 7) is 2.77. The molecule has 1 aliphatic carbocycles. The Kier molecular flexibility index (Phi) is 5.35. The highest BCUT2D eigenvalue weighted by molar-refractivity contribution is 7.80. The van der Waals surface area contributed by atoms with Crippen LogP contribution >= 0.6 is 12.2 Å². The van der Waals surface area contributed by atoms with Gasteiger partial charge in [-0.05, 0) is 37.0 Å². The van der Waals surface area contributed by atoms with E-state index in [-0.39, 0.29) is 5.82 Å². The molecule has 1 aromatic carbocycles. The van der Waals surface area contributed by atoms with Crippen molar-refractivity contribution in [3.05, 3.63) is 35.6 Å². The van der Waals surface area contributed by atoms with Gasteiger partial charge < -0.3 is 10.2 Å². The number of rotatable bonds is 3. The van der Waals surface area contributed by atoms with Crippen molar-refractivity contribution in [3.63, 3.8) is 0 Å². The fourth-order valence-electron chi connectivity index (χ4n) is 2.75. The first-order valence-electron chi connectivity index (χ1n) is 7.33. The first-order chi connectivity index (χ1) is 9.58. The molecule has 0 spiro atoms. The third kappa shape index (κ3) is 3.92. The lowest BCUT2D eigenvalue weighted by Gasteiger charge is -2.33. The quantitative estimate of drug-likeness (QED) is 0.856. The van der Waals surface area contributed by atoms with Crippen LogP contribution in [-0.4, -0.2) is 23.1 Å². The molecular formula is C16H23FN2S. The molecule has 2 nitrogen and oxygen atoms in total. The maximum absolute atomic E-state index is 13.6. The van der Waals surface area contributed by atoms with Gasteiger partial charge >= 0.3 is 0 Å². The van der Waals surface area contributed by atoms with Gasteiger partial charge in [-0.15, -0.1) is 0 Å². The smallest absolute Gasteiger partial charge is 0.169 e. The molecule has 0 saturated heterocycles. The van der Waals surface area contributed by atoms with E-state index in [1.165, 1.54) is 31.7 Å². The number of hydrogen-bond acceptors (Lipinski definition) is 1. The van der Waals surface area contributed by atoms with Crippen LogP contribution in [0.15, 0.2) is 24.3 Å². The number of thiocarbonyl (C=S) groups is 1. The lowest BCUT2D eigenvalue weighted by atomic mass is 9.86. The van der Waals surface area contributed by atoms with Crippen LogP contribution in [0.4, 0.5) is 4.39 Å². The highest BCUT2D eigenvalue weighted by Crippen LogP contribution is 2.23. The number of halogens is 1. The zero-order valence-electron chi connectivity index (χ0n) is 12.2. The minimum atomic E-state index is -0.173. The van der Waals surface area contributed by atoms with Crippen LogP contribution in [0.5, 0.6) is 0 Å². The van der Waals surface area contributed by atoms with Crippen LogP contribution < -0.4 is 5.32 Å². The fourth-order valence-corrected chi connectivity index (χ4v) is 2.97. The number of benzene rings is 1. The van der Waals surface area contributed by atoms with Crippen molar-refractivity contribution in [2.75, 3.05) is 7.05 Å². The van der Waals surface area contributed by atoms with E-state index in [9.17, 15) is 4.39 Å². The van der Waals surface area contributed by atoms with Crippen molar-refractivity contribution in [1.82, 2.24) is 10.2 Å². The van der Waals surface area contributed by atoms with Crippen LogP contribution in [0.1, 0.15) is 38.2 Å². The van der Waals surface area contributed by atoms with E-state index < -0.39 is 0 Å². The first kappa shape index (κ1) is 15.2. The third-order valence-corrected chi connectivity index (χ3v) is 4.56. The molecule has 1 aromatic rings. The summed E-state index contributed by atoms with van der Waals surface area (Å²) in [5.41, 5.74) is 0.677. The maximum atomic E-state index is 13.6. The normalized spacial score (nSPS) is 22.4. The first-order valence-corrected chi connectivity index (χ1v) is 7.74. The number of hydrogen-bond donors (Lipinski definition) is 1. The maximum Gasteiger partial charge on any atom is 0.169 e. The Morgan fingerprint density at radius 2 is 2.05 bits per heavy atom.